The molecular weight excluding hydrogens is 1020 g/mol. The van der Waals surface area contributed by atoms with Gasteiger partial charge in [0.25, 0.3) is 21.6 Å². The van der Waals surface area contributed by atoms with Crippen LogP contribution in [0.15, 0.2) is 131 Å². The molecule has 6 aromatic rings. The lowest BCUT2D eigenvalue weighted by atomic mass is 9.95. The van der Waals surface area contributed by atoms with Crippen LogP contribution in [0.25, 0.3) is 22.4 Å². The fourth-order valence-electron chi connectivity index (χ4n) is 10.3. The molecule has 1 atom stereocenters. The molecule has 0 unspecified atom stereocenters. The minimum Gasteiger partial charge on any atom is -0.379 e. The number of benzene rings is 5. The first-order valence-corrected chi connectivity index (χ1v) is 29.0. The molecule has 0 radical (unpaired) electrons. The van der Waals surface area contributed by atoms with Crippen molar-refractivity contribution in [2.75, 3.05) is 131 Å². The van der Waals surface area contributed by atoms with Gasteiger partial charge in [0.2, 0.25) is 0 Å². The van der Waals surface area contributed by atoms with Gasteiger partial charge in [0, 0.05) is 142 Å². The van der Waals surface area contributed by atoms with E-state index >= 15 is 0 Å². The molecule has 76 heavy (non-hydrogen) atoms. The second-order valence-electron chi connectivity index (χ2n) is 19.8. The van der Waals surface area contributed by atoms with Crippen LogP contribution in [0.5, 0.6) is 0 Å². The lowest BCUT2D eigenvalue weighted by Crippen LogP contribution is -2.46. The van der Waals surface area contributed by atoms with Crippen LogP contribution in [-0.2, 0) is 21.8 Å². The zero-order valence-electron chi connectivity index (χ0n) is 43.6. The summed E-state index contributed by atoms with van der Waals surface area (Å²) in [5.41, 5.74) is 7.62. The first kappa shape index (κ1) is 54.7. The predicted molar refractivity (Wildman–Crippen MR) is 308 cm³/mol. The molecule has 19 heteroatoms. The van der Waals surface area contributed by atoms with E-state index in [9.17, 15) is 23.3 Å². The lowest BCUT2D eigenvalue weighted by Gasteiger charge is -2.37. The number of aromatic nitrogens is 1. The van der Waals surface area contributed by atoms with Gasteiger partial charge in [0.15, 0.2) is 0 Å². The summed E-state index contributed by atoms with van der Waals surface area (Å²) < 4.78 is 37.8. The molecule has 0 bridgehead atoms. The van der Waals surface area contributed by atoms with E-state index < -0.39 is 14.9 Å². The number of piperazine rings is 2. The summed E-state index contributed by atoms with van der Waals surface area (Å²) >= 11 is 8.03. The quantitative estimate of drug-likeness (QED) is 0.0272. The third-order valence-corrected chi connectivity index (χ3v) is 17.6. The molecule has 5 aromatic carbocycles. The van der Waals surface area contributed by atoms with Crippen molar-refractivity contribution < 1.29 is 22.9 Å². The number of rotatable bonds is 21. The van der Waals surface area contributed by atoms with Crippen LogP contribution >= 0.6 is 23.4 Å². The van der Waals surface area contributed by atoms with Crippen LogP contribution in [0.4, 0.5) is 28.4 Å². The van der Waals surface area contributed by atoms with Crippen molar-refractivity contribution in [3.63, 3.8) is 0 Å². The highest BCUT2D eigenvalue weighted by Gasteiger charge is 2.28. The Bertz CT molecular complexity index is 3030. The van der Waals surface area contributed by atoms with Crippen molar-refractivity contribution in [1.82, 2.24) is 24.6 Å². The van der Waals surface area contributed by atoms with Gasteiger partial charge in [-0.1, -0.05) is 54.1 Å². The van der Waals surface area contributed by atoms with E-state index in [4.69, 9.17) is 16.3 Å². The van der Waals surface area contributed by atoms with Crippen LogP contribution in [0.1, 0.15) is 28.9 Å². The van der Waals surface area contributed by atoms with E-state index in [0.717, 1.165) is 142 Å². The molecule has 3 fully saturated rings. The number of hydrogen-bond acceptors (Lipinski definition) is 13. The maximum atomic E-state index is 14.3. The second-order valence-corrected chi connectivity index (χ2v) is 23.0. The smallest absolute Gasteiger partial charge is 0.293 e. The highest BCUT2D eigenvalue weighted by molar-refractivity contribution is 7.99. The number of carbonyl (C=O) groups is 1. The Hall–Kier alpha value is -6.12. The molecule has 16 nitrogen and oxygen atoms in total. The number of amides is 1. The Labute approximate surface area is 456 Å². The van der Waals surface area contributed by atoms with E-state index in [-0.39, 0.29) is 28.2 Å². The number of morpholine rings is 1. The first-order valence-electron chi connectivity index (χ1n) is 26.2. The molecule has 3 N–H and O–H groups in total. The Morgan fingerprint density at radius 2 is 1.45 bits per heavy atom. The van der Waals surface area contributed by atoms with Crippen LogP contribution < -0.4 is 25.2 Å². The van der Waals surface area contributed by atoms with E-state index in [1.165, 1.54) is 12.1 Å². The average Bonchev–Trinajstić information content (AvgIpc) is 3.75. The molecule has 0 aliphatic carbocycles. The largest absolute Gasteiger partial charge is 0.379 e. The predicted octanol–water partition coefficient (Wildman–Crippen LogP) is 9.02. The van der Waals surface area contributed by atoms with Crippen LogP contribution in [0.3, 0.4) is 0 Å². The van der Waals surface area contributed by atoms with E-state index in [0.29, 0.717) is 41.8 Å². The summed E-state index contributed by atoms with van der Waals surface area (Å²) in [6, 6.07) is 37.4. The molecule has 0 saturated carbocycles. The van der Waals surface area contributed by atoms with Gasteiger partial charge in [-0.3, -0.25) is 24.5 Å². The zero-order chi connectivity index (χ0) is 53.2. The van der Waals surface area contributed by atoms with Gasteiger partial charge in [-0.05, 0) is 117 Å². The summed E-state index contributed by atoms with van der Waals surface area (Å²) in [6.45, 7) is 14.5. The number of carbonyl (C=O) groups excluding carboxylic acids is 1. The van der Waals surface area contributed by atoms with Crippen molar-refractivity contribution >= 4 is 67.7 Å². The number of nitro groups is 1. The minimum absolute atomic E-state index is 0.0840. The molecule has 402 valence electrons. The van der Waals surface area contributed by atoms with Crippen LogP contribution in [0.2, 0.25) is 5.02 Å². The Balaban J connectivity index is 0.844. The summed E-state index contributed by atoms with van der Waals surface area (Å²) in [5, 5.41) is 19.8. The van der Waals surface area contributed by atoms with E-state index in [1.54, 1.807) is 23.9 Å². The molecular formula is C57H69ClN10O6S2. The van der Waals surface area contributed by atoms with Crippen molar-refractivity contribution in [2.45, 2.75) is 35.6 Å². The van der Waals surface area contributed by atoms with Gasteiger partial charge < -0.3 is 39.5 Å². The number of hydrogen-bond donors (Lipinski definition) is 3. The SMILES string of the molecule is Cc1c(C(=O)NCCCN2CCN(C)CC2)c(-c2cccc(N3CCN(c4ccc(NS(=O)(=O)c5ccc(N[C@H](CCN6CCOCC6)CSc6ccccc6)c([N+](=O)[O-])c5)cc4)CC3)c2)c(-c2ccc(Cl)cc2)n1C. The van der Waals surface area contributed by atoms with Gasteiger partial charge >= 0.3 is 0 Å². The molecule has 1 amide bonds. The zero-order valence-corrected chi connectivity index (χ0v) is 46.0. The number of thioether (sulfide) groups is 1. The number of nitrogens with zero attached hydrogens (tertiary/aromatic N) is 7. The van der Waals surface area contributed by atoms with Crippen molar-refractivity contribution in [3.05, 3.63) is 148 Å². The van der Waals surface area contributed by atoms with Gasteiger partial charge in [0.05, 0.1) is 34.3 Å². The number of anilines is 4. The number of halogens is 1. The molecule has 4 heterocycles. The van der Waals surface area contributed by atoms with Crippen LogP contribution in [-0.4, -0.2) is 156 Å². The summed E-state index contributed by atoms with van der Waals surface area (Å²) in [6.07, 6.45) is 1.61. The fraction of sp³-hybridized carbons (Fsp3) is 0.386. The monoisotopic (exact) mass is 1090 g/mol. The highest BCUT2D eigenvalue weighted by Crippen LogP contribution is 2.41. The standard InChI is InChI=1S/C57H69ClN10O6S2/c1-42-54(57(69)59-24-8-25-64-29-27-62(2)28-30-64)55(56(63(42)3)43-13-15-45(58)16-14-43)44-9-7-10-49(39-44)67-33-31-66(32-34-67)48-19-17-46(18-20-48)61-76(72,73)51-21-22-52(53(40-51)68(70)71)60-47(23-26-65-35-37-74-38-36-65)41-75-50-11-5-4-6-12-50/h4-7,9-22,39-40,47,60-61H,8,23-38,41H2,1-3H3,(H,59,69)/t47-/m1/s1. The van der Waals surface area contributed by atoms with Crippen molar-refractivity contribution in [2.24, 2.45) is 7.05 Å². The Morgan fingerprint density at radius 3 is 2.14 bits per heavy atom. The summed E-state index contributed by atoms with van der Waals surface area (Å²) in [5.74, 6) is 0.578. The second kappa shape index (κ2) is 25.4. The number of sulfonamides is 1. The molecule has 9 rings (SSSR count). The molecule has 0 spiro atoms. The minimum atomic E-state index is -4.18. The topological polar surface area (TPSA) is 161 Å². The van der Waals surface area contributed by atoms with Crippen LogP contribution in [0, 0.1) is 17.0 Å². The molecule has 3 aliphatic heterocycles. The average molecular weight is 1090 g/mol. The van der Waals surface area contributed by atoms with Gasteiger partial charge in [0.1, 0.15) is 5.69 Å². The first-order chi connectivity index (χ1) is 36.8. The number of nitrogens with one attached hydrogen (secondary N) is 3. The van der Waals surface area contributed by atoms with Gasteiger partial charge in [-0.2, -0.15) is 0 Å². The van der Waals surface area contributed by atoms with Crippen molar-refractivity contribution in [1.29, 1.82) is 0 Å². The van der Waals surface area contributed by atoms with Crippen molar-refractivity contribution in [3.8, 4) is 22.4 Å². The lowest BCUT2D eigenvalue weighted by molar-refractivity contribution is -0.384. The third-order valence-electron chi connectivity index (χ3n) is 14.8. The van der Waals surface area contributed by atoms with E-state index in [2.05, 4.69) is 75.7 Å². The molecule has 3 saturated heterocycles. The molecule has 3 aliphatic rings. The number of likely N-dealkylation sites (N-methyl/N-ethyl adjacent to an activating group) is 1. The maximum Gasteiger partial charge on any atom is 0.293 e. The number of nitro benzene ring substituents is 1. The third kappa shape index (κ3) is 13.7. The maximum absolute atomic E-state index is 14.3. The highest BCUT2D eigenvalue weighted by atomic mass is 35.5. The normalized spacial score (nSPS) is 16.4. The van der Waals surface area contributed by atoms with Gasteiger partial charge in [-0.15, -0.1) is 11.8 Å². The van der Waals surface area contributed by atoms with E-state index in [1.807, 2.05) is 80.7 Å². The van der Waals surface area contributed by atoms with Gasteiger partial charge in [-0.25, -0.2) is 8.42 Å². The summed E-state index contributed by atoms with van der Waals surface area (Å²) in [4.78, 5) is 38.9. The number of ether oxygens (including phenoxy) is 1. The molecule has 1 aromatic heterocycles. The summed E-state index contributed by atoms with van der Waals surface area (Å²) in [7, 11) is -0.0105. The fourth-order valence-corrected chi connectivity index (χ4v) is 12.4. The Morgan fingerprint density at radius 1 is 0.763 bits per heavy atom. The Kier molecular flexibility index (Phi) is 18.2.